The molecule has 0 saturated heterocycles. The maximum absolute atomic E-state index is 4.19. The predicted molar refractivity (Wildman–Crippen MR) is 52.5 cm³/mol. The second kappa shape index (κ2) is 3.13. The number of aromatic amines is 1. The van der Waals surface area contributed by atoms with E-state index in [-0.39, 0.29) is 0 Å². The standard InChI is InChI=1S/C8H11IN2/c9-8-10-5-7(11-8)6-3-1-2-4-6/h5-6H,1-4H2,(H,10,11). The minimum Gasteiger partial charge on any atom is -0.337 e. The summed E-state index contributed by atoms with van der Waals surface area (Å²) in [5.41, 5.74) is 1.34. The van der Waals surface area contributed by atoms with E-state index in [0.29, 0.717) is 0 Å². The molecule has 60 valence electrons. The summed E-state index contributed by atoms with van der Waals surface area (Å²) >= 11 is 2.22. The molecule has 1 aromatic rings. The van der Waals surface area contributed by atoms with Crippen LogP contribution in [0.1, 0.15) is 37.3 Å². The van der Waals surface area contributed by atoms with Crippen LogP contribution in [0.5, 0.6) is 0 Å². The highest BCUT2D eigenvalue weighted by molar-refractivity contribution is 14.1. The zero-order chi connectivity index (χ0) is 7.68. The largest absolute Gasteiger partial charge is 0.337 e. The summed E-state index contributed by atoms with van der Waals surface area (Å²) in [7, 11) is 0. The van der Waals surface area contributed by atoms with Crippen LogP contribution in [0.15, 0.2) is 6.20 Å². The van der Waals surface area contributed by atoms with E-state index in [2.05, 4.69) is 32.6 Å². The number of aromatic nitrogens is 2. The van der Waals surface area contributed by atoms with Gasteiger partial charge in [0, 0.05) is 17.8 Å². The Morgan fingerprint density at radius 2 is 2.18 bits per heavy atom. The fourth-order valence-electron chi connectivity index (χ4n) is 1.75. The molecule has 0 unspecified atom stereocenters. The smallest absolute Gasteiger partial charge is 0.168 e. The zero-order valence-corrected chi connectivity index (χ0v) is 8.47. The van der Waals surface area contributed by atoms with Gasteiger partial charge in [0.25, 0.3) is 0 Å². The molecule has 0 radical (unpaired) electrons. The number of hydrogen-bond donors (Lipinski definition) is 1. The SMILES string of the molecule is Ic1ncc(C2CCCC2)[nH]1. The molecule has 11 heavy (non-hydrogen) atoms. The van der Waals surface area contributed by atoms with Crippen molar-refractivity contribution in [2.45, 2.75) is 31.6 Å². The molecule has 0 amide bonds. The second-order valence-electron chi connectivity index (χ2n) is 3.11. The van der Waals surface area contributed by atoms with Crippen LogP contribution in [0.25, 0.3) is 0 Å². The maximum Gasteiger partial charge on any atom is 0.168 e. The van der Waals surface area contributed by atoms with Crippen molar-refractivity contribution in [2.75, 3.05) is 0 Å². The van der Waals surface area contributed by atoms with E-state index in [4.69, 9.17) is 0 Å². The molecule has 0 aliphatic heterocycles. The highest BCUT2D eigenvalue weighted by Crippen LogP contribution is 2.32. The molecule has 1 N–H and O–H groups in total. The summed E-state index contributed by atoms with van der Waals surface area (Å²) in [5.74, 6) is 0.769. The molecule has 3 heteroatoms. The Labute approximate surface area is 79.9 Å². The molecular formula is C8H11IN2. The van der Waals surface area contributed by atoms with Crippen LogP contribution < -0.4 is 0 Å². The Morgan fingerprint density at radius 1 is 1.45 bits per heavy atom. The first-order valence-corrected chi connectivity index (χ1v) is 5.14. The van der Waals surface area contributed by atoms with Gasteiger partial charge in [0.2, 0.25) is 0 Å². The topological polar surface area (TPSA) is 28.7 Å². The molecule has 0 spiro atoms. The van der Waals surface area contributed by atoms with Crippen LogP contribution in [0.3, 0.4) is 0 Å². The van der Waals surface area contributed by atoms with Crippen LogP contribution in [-0.2, 0) is 0 Å². The lowest BCUT2D eigenvalue weighted by atomic mass is 10.1. The van der Waals surface area contributed by atoms with Gasteiger partial charge in [-0.1, -0.05) is 12.8 Å². The fourth-order valence-corrected chi connectivity index (χ4v) is 2.20. The number of nitrogens with zero attached hydrogens (tertiary/aromatic N) is 1. The number of nitrogens with one attached hydrogen (secondary N) is 1. The van der Waals surface area contributed by atoms with E-state index in [0.717, 1.165) is 9.75 Å². The van der Waals surface area contributed by atoms with E-state index in [1.807, 2.05) is 6.20 Å². The number of imidazole rings is 1. The summed E-state index contributed by atoms with van der Waals surface area (Å²) in [6.07, 6.45) is 7.45. The molecular weight excluding hydrogens is 251 g/mol. The normalized spacial score (nSPS) is 19.4. The molecule has 2 rings (SSSR count). The van der Waals surface area contributed by atoms with Gasteiger partial charge in [0.15, 0.2) is 3.83 Å². The summed E-state index contributed by atoms with van der Waals surface area (Å²) in [5, 5.41) is 0. The monoisotopic (exact) mass is 262 g/mol. The molecule has 0 bridgehead atoms. The third-order valence-corrected chi connectivity index (χ3v) is 2.91. The van der Waals surface area contributed by atoms with Gasteiger partial charge in [-0.3, -0.25) is 0 Å². The van der Waals surface area contributed by atoms with Gasteiger partial charge in [0.05, 0.1) is 0 Å². The van der Waals surface area contributed by atoms with Gasteiger partial charge in [-0.2, -0.15) is 0 Å². The van der Waals surface area contributed by atoms with Crippen molar-refractivity contribution in [3.8, 4) is 0 Å². The molecule has 1 aromatic heterocycles. The van der Waals surface area contributed by atoms with E-state index in [1.54, 1.807) is 0 Å². The third kappa shape index (κ3) is 1.58. The Bertz CT molecular complexity index is 238. The lowest BCUT2D eigenvalue weighted by molar-refractivity contribution is 0.701. The highest BCUT2D eigenvalue weighted by atomic mass is 127. The third-order valence-electron chi connectivity index (χ3n) is 2.36. The van der Waals surface area contributed by atoms with Crippen LogP contribution in [0, 0.1) is 3.83 Å². The lowest BCUT2D eigenvalue weighted by Crippen LogP contribution is -1.91. The molecule has 2 nitrogen and oxygen atoms in total. The minimum atomic E-state index is 0.769. The Hall–Kier alpha value is -0.0600. The molecule has 1 aliphatic carbocycles. The summed E-state index contributed by atoms with van der Waals surface area (Å²) in [6.45, 7) is 0. The van der Waals surface area contributed by atoms with Gasteiger partial charge in [-0.15, -0.1) is 0 Å². The zero-order valence-electron chi connectivity index (χ0n) is 6.31. The van der Waals surface area contributed by atoms with E-state index < -0.39 is 0 Å². The van der Waals surface area contributed by atoms with Gasteiger partial charge in [-0.05, 0) is 35.4 Å². The summed E-state index contributed by atoms with van der Waals surface area (Å²) in [6, 6.07) is 0. The molecule has 0 atom stereocenters. The molecule has 1 saturated carbocycles. The first kappa shape index (κ1) is 7.58. The van der Waals surface area contributed by atoms with Crippen molar-refractivity contribution in [3.05, 3.63) is 15.7 Å². The predicted octanol–water partition coefficient (Wildman–Crippen LogP) is 2.67. The van der Waals surface area contributed by atoms with E-state index in [1.165, 1.54) is 31.4 Å². The van der Waals surface area contributed by atoms with Crippen LogP contribution >= 0.6 is 22.6 Å². The quantitative estimate of drug-likeness (QED) is 0.774. The lowest BCUT2D eigenvalue weighted by Gasteiger charge is -2.03. The van der Waals surface area contributed by atoms with Gasteiger partial charge in [-0.25, -0.2) is 4.98 Å². The minimum absolute atomic E-state index is 0.769. The average Bonchev–Trinajstić information content (AvgIpc) is 2.55. The number of rotatable bonds is 1. The Morgan fingerprint density at radius 3 is 2.73 bits per heavy atom. The Kier molecular flexibility index (Phi) is 2.16. The molecule has 0 aromatic carbocycles. The van der Waals surface area contributed by atoms with Crippen molar-refractivity contribution in [1.29, 1.82) is 0 Å². The Balaban J connectivity index is 2.15. The summed E-state index contributed by atoms with van der Waals surface area (Å²) in [4.78, 5) is 7.49. The molecule has 1 heterocycles. The van der Waals surface area contributed by atoms with Crippen molar-refractivity contribution >= 4 is 22.6 Å². The van der Waals surface area contributed by atoms with E-state index in [9.17, 15) is 0 Å². The maximum atomic E-state index is 4.19. The van der Waals surface area contributed by atoms with E-state index >= 15 is 0 Å². The van der Waals surface area contributed by atoms with Gasteiger partial charge < -0.3 is 4.98 Å². The number of hydrogen-bond acceptors (Lipinski definition) is 1. The van der Waals surface area contributed by atoms with Crippen molar-refractivity contribution in [1.82, 2.24) is 9.97 Å². The van der Waals surface area contributed by atoms with Crippen molar-refractivity contribution in [2.24, 2.45) is 0 Å². The number of halogens is 1. The average molecular weight is 262 g/mol. The molecule has 1 aliphatic rings. The van der Waals surface area contributed by atoms with Gasteiger partial charge >= 0.3 is 0 Å². The van der Waals surface area contributed by atoms with Crippen molar-refractivity contribution < 1.29 is 0 Å². The summed E-state index contributed by atoms with van der Waals surface area (Å²) < 4.78 is 1.02. The first-order valence-electron chi connectivity index (χ1n) is 4.06. The fraction of sp³-hybridized carbons (Fsp3) is 0.625. The van der Waals surface area contributed by atoms with Crippen molar-refractivity contribution in [3.63, 3.8) is 0 Å². The van der Waals surface area contributed by atoms with Gasteiger partial charge in [0.1, 0.15) is 0 Å². The van der Waals surface area contributed by atoms with Crippen LogP contribution in [0.2, 0.25) is 0 Å². The molecule has 1 fully saturated rings. The van der Waals surface area contributed by atoms with Crippen LogP contribution in [-0.4, -0.2) is 9.97 Å². The number of H-pyrrole nitrogens is 1. The second-order valence-corrected chi connectivity index (χ2v) is 4.13. The first-order chi connectivity index (χ1) is 5.36. The highest BCUT2D eigenvalue weighted by Gasteiger charge is 2.18. The van der Waals surface area contributed by atoms with Crippen LogP contribution in [0.4, 0.5) is 0 Å².